The van der Waals surface area contributed by atoms with Crippen molar-refractivity contribution in [1.82, 2.24) is 0 Å². The number of anilines is 1. The number of phenols is 1. The third-order valence-corrected chi connectivity index (χ3v) is 3.17. The van der Waals surface area contributed by atoms with Crippen LogP contribution >= 0.6 is 0 Å². The Morgan fingerprint density at radius 1 is 1.29 bits per heavy atom. The van der Waals surface area contributed by atoms with Crippen LogP contribution in [0.4, 0.5) is 10.1 Å². The van der Waals surface area contributed by atoms with Crippen LogP contribution in [-0.2, 0) is 11.3 Å². The molecule has 0 aliphatic rings. The summed E-state index contributed by atoms with van der Waals surface area (Å²) in [5, 5.41) is 12.8. The van der Waals surface area contributed by atoms with Crippen LogP contribution in [0.1, 0.15) is 21.5 Å². The molecule has 0 aromatic heterocycles. The van der Waals surface area contributed by atoms with Gasteiger partial charge in [0.15, 0.2) is 0 Å². The Balaban J connectivity index is 2.19. The number of esters is 1. The van der Waals surface area contributed by atoms with Gasteiger partial charge in [-0.1, -0.05) is 6.07 Å². The van der Waals surface area contributed by atoms with Crippen molar-refractivity contribution in [2.45, 2.75) is 13.5 Å². The van der Waals surface area contributed by atoms with Gasteiger partial charge in [0.25, 0.3) is 0 Å². The number of aryl methyl sites for hydroxylation is 1. The zero-order valence-electron chi connectivity index (χ0n) is 11.8. The number of methoxy groups -OCH3 is 1. The Morgan fingerprint density at radius 3 is 2.76 bits per heavy atom. The molecule has 0 spiro atoms. The highest BCUT2D eigenvalue weighted by Crippen LogP contribution is 2.22. The second-order valence-corrected chi connectivity index (χ2v) is 4.65. The number of carbonyl (C=O) groups excluding carboxylic acids is 1. The van der Waals surface area contributed by atoms with Crippen molar-refractivity contribution in [3.63, 3.8) is 0 Å². The van der Waals surface area contributed by atoms with Crippen LogP contribution in [0.3, 0.4) is 0 Å². The number of rotatable bonds is 4. The van der Waals surface area contributed by atoms with Gasteiger partial charge in [-0.15, -0.1) is 0 Å². The molecule has 0 fully saturated rings. The fraction of sp³-hybridized carbons (Fsp3) is 0.188. The van der Waals surface area contributed by atoms with Crippen molar-refractivity contribution in [2.75, 3.05) is 12.4 Å². The number of nitrogens with one attached hydrogen (secondary N) is 1. The van der Waals surface area contributed by atoms with E-state index in [1.807, 2.05) is 6.92 Å². The first-order valence-corrected chi connectivity index (χ1v) is 6.41. The maximum Gasteiger partial charge on any atom is 0.337 e. The van der Waals surface area contributed by atoms with E-state index in [4.69, 9.17) is 0 Å². The topological polar surface area (TPSA) is 58.6 Å². The van der Waals surface area contributed by atoms with Crippen molar-refractivity contribution < 1.29 is 19.0 Å². The van der Waals surface area contributed by atoms with Gasteiger partial charge in [0, 0.05) is 17.8 Å². The minimum atomic E-state index is -0.424. The number of phenolic OH excluding ortho intramolecular Hbond substituents is 1. The van der Waals surface area contributed by atoms with Crippen molar-refractivity contribution in [3.05, 3.63) is 58.9 Å². The van der Waals surface area contributed by atoms with Crippen LogP contribution in [-0.4, -0.2) is 18.2 Å². The average molecular weight is 289 g/mol. The van der Waals surface area contributed by atoms with E-state index in [9.17, 15) is 14.3 Å². The summed E-state index contributed by atoms with van der Waals surface area (Å²) in [5.41, 5.74) is 2.52. The van der Waals surface area contributed by atoms with Crippen molar-refractivity contribution in [3.8, 4) is 5.75 Å². The fourth-order valence-corrected chi connectivity index (χ4v) is 1.94. The van der Waals surface area contributed by atoms with E-state index < -0.39 is 11.8 Å². The highest BCUT2D eigenvalue weighted by atomic mass is 19.1. The second-order valence-electron chi connectivity index (χ2n) is 4.65. The smallest absolute Gasteiger partial charge is 0.337 e. The molecule has 2 N–H and O–H groups in total. The number of carbonyl (C=O) groups is 1. The first kappa shape index (κ1) is 14.8. The molecule has 2 aromatic carbocycles. The summed E-state index contributed by atoms with van der Waals surface area (Å²) >= 11 is 0. The number of halogens is 1. The predicted octanol–water partition coefficient (Wildman–Crippen LogP) is 3.24. The number of benzene rings is 2. The van der Waals surface area contributed by atoms with Crippen LogP contribution in [0.5, 0.6) is 5.75 Å². The van der Waals surface area contributed by atoms with Gasteiger partial charge in [0.1, 0.15) is 11.6 Å². The van der Waals surface area contributed by atoms with Gasteiger partial charge in [-0.2, -0.15) is 0 Å². The molecule has 0 atom stereocenters. The van der Waals surface area contributed by atoms with Gasteiger partial charge in [-0.25, -0.2) is 9.18 Å². The number of hydrogen-bond acceptors (Lipinski definition) is 4. The van der Waals surface area contributed by atoms with E-state index in [1.54, 1.807) is 18.2 Å². The summed E-state index contributed by atoms with van der Waals surface area (Å²) in [5.74, 6) is -0.818. The van der Waals surface area contributed by atoms with Crippen molar-refractivity contribution in [2.24, 2.45) is 0 Å². The summed E-state index contributed by atoms with van der Waals surface area (Å²) < 4.78 is 17.8. The molecule has 0 heterocycles. The van der Waals surface area contributed by atoms with E-state index in [0.29, 0.717) is 11.1 Å². The van der Waals surface area contributed by atoms with E-state index in [1.165, 1.54) is 25.3 Å². The molecule has 4 nitrogen and oxygen atoms in total. The lowest BCUT2D eigenvalue weighted by molar-refractivity contribution is 0.0601. The average Bonchev–Trinajstić information content (AvgIpc) is 2.48. The monoisotopic (exact) mass is 289 g/mol. The lowest BCUT2D eigenvalue weighted by atomic mass is 10.1. The minimum Gasteiger partial charge on any atom is -0.508 e. The summed E-state index contributed by atoms with van der Waals surface area (Å²) in [4.78, 5) is 11.5. The maximum absolute atomic E-state index is 13.2. The molecule has 0 amide bonds. The van der Waals surface area contributed by atoms with Crippen LogP contribution in [0, 0.1) is 12.7 Å². The Morgan fingerprint density at radius 2 is 2.05 bits per heavy atom. The highest BCUT2D eigenvalue weighted by Gasteiger charge is 2.09. The summed E-state index contributed by atoms with van der Waals surface area (Å²) in [6.07, 6.45) is 0. The van der Waals surface area contributed by atoms with Crippen LogP contribution in [0.25, 0.3) is 0 Å². The van der Waals surface area contributed by atoms with Crippen LogP contribution in [0.15, 0.2) is 36.4 Å². The lowest BCUT2D eigenvalue weighted by Gasteiger charge is -2.12. The predicted molar refractivity (Wildman–Crippen MR) is 77.9 cm³/mol. The van der Waals surface area contributed by atoms with Crippen LogP contribution < -0.4 is 5.32 Å². The van der Waals surface area contributed by atoms with E-state index in [-0.39, 0.29) is 12.3 Å². The van der Waals surface area contributed by atoms with Gasteiger partial charge < -0.3 is 15.2 Å². The molecular weight excluding hydrogens is 273 g/mol. The quantitative estimate of drug-likeness (QED) is 0.848. The largest absolute Gasteiger partial charge is 0.508 e. The van der Waals surface area contributed by atoms with Gasteiger partial charge in [-0.05, 0) is 42.8 Å². The molecule has 0 radical (unpaired) electrons. The molecule has 0 saturated carbocycles. The minimum absolute atomic E-state index is 0.0191. The molecule has 0 saturated heterocycles. The zero-order valence-corrected chi connectivity index (χ0v) is 11.8. The summed E-state index contributed by atoms with van der Waals surface area (Å²) in [6, 6.07) is 8.90. The Labute approximate surface area is 122 Å². The van der Waals surface area contributed by atoms with Crippen LogP contribution in [0.2, 0.25) is 0 Å². The number of aromatic hydroxyl groups is 1. The summed E-state index contributed by atoms with van der Waals surface area (Å²) in [6.45, 7) is 2.13. The third-order valence-electron chi connectivity index (χ3n) is 3.17. The Kier molecular flexibility index (Phi) is 4.42. The Hall–Kier alpha value is -2.56. The maximum atomic E-state index is 13.2. The molecular formula is C16H16FNO3. The van der Waals surface area contributed by atoms with E-state index in [2.05, 4.69) is 10.1 Å². The third kappa shape index (κ3) is 3.51. The zero-order chi connectivity index (χ0) is 15.4. The molecule has 110 valence electrons. The molecule has 2 rings (SSSR count). The molecule has 2 aromatic rings. The number of ether oxygens (including phenoxy) is 1. The molecule has 0 aliphatic carbocycles. The second kappa shape index (κ2) is 6.26. The molecule has 0 unspecified atom stereocenters. The first-order chi connectivity index (χ1) is 10.0. The van der Waals surface area contributed by atoms with Gasteiger partial charge in [0.2, 0.25) is 0 Å². The van der Waals surface area contributed by atoms with Gasteiger partial charge in [0.05, 0.1) is 12.7 Å². The van der Waals surface area contributed by atoms with Crippen molar-refractivity contribution in [1.29, 1.82) is 0 Å². The SMILES string of the molecule is COC(=O)c1ccc(C)c(NCc2cc(F)ccc2O)c1. The lowest BCUT2D eigenvalue weighted by Crippen LogP contribution is -2.05. The van der Waals surface area contributed by atoms with Gasteiger partial charge in [-0.3, -0.25) is 0 Å². The molecule has 5 heteroatoms. The molecule has 0 bridgehead atoms. The standard InChI is InChI=1S/C16H16FNO3/c1-10-3-4-11(16(20)21-2)8-14(10)18-9-12-7-13(17)5-6-15(12)19/h3-8,18-19H,9H2,1-2H3. The first-order valence-electron chi connectivity index (χ1n) is 6.41. The molecule has 0 aliphatic heterocycles. The van der Waals surface area contributed by atoms with E-state index in [0.717, 1.165) is 11.3 Å². The molecule has 21 heavy (non-hydrogen) atoms. The van der Waals surface area contributed by atoms with Crippen molar-refractivity contribution >= 4 is 11.7 Å². The van der Waals surface area contributed by atoms with Gasteiger partial charge >= 0.3 is 5.97 Å². The Bertz CT molecular complexity index is 671. The fourth-order valence-electron chi connectivity index (χ4n) is 1.94. The number of hydrogen-bond donors (Lipinski definition) is 2. The highest BCUT2D eigenvalue weighted by molar-refractivity contribution is 5.90. The summed E-state index contributed by atoms with van der Waals surface area (Å²) in [7, 11) is 1.32. The van der Waals surface area contributed by atoms with E-state index >= 15 is 0 Å². The normalized spacial score (nSPS) is 10.2.